The van der Waals surface area contributed by atoms with Crippen LogP contribution in [-0.4, -0.2) is 32.3 Å². The van der Waals surface area contributed by atoms with Crippen LogP contribution in [0.5, 0.6) is 11.5 Å². The number of para-hydroxylation sites is 1. The van der Waals surface area contributed by atoms with E-state index in [4.69, 9.17) is 4.74 Å². The van der Waals surface area contributed by atoms with Crippen molar-refractivity contribution in [2.75, 3.05) is 17.8 Å². The average molecular weight is 541 g/mol. The Kier molecular flexibility index (Phi) is 7.98. The van der Waals surface area contributed by atoms with E-state index in [-0.39, 0.29) is 11.7 Å². The summed E-state index contributed by atoms with van der Waals surface area (Å²) < 4.78 is 34.1. The van der Waals surface area contributed by atoms with Crippen molar-refractivity contribution < 1.29 is 17.9 Å². The number of anilines is 1. The largest absolute Gasteiger partial charge is 0.457 e. The minimum absolute atomic E-state index is 0.0800. The first kappa shape index (κ1) is 26.5. The lowest BCUT2D eigenvalue weighted by molar-refractivity contribution is 0.0713. The minimum atomic E-state index is -3.62. The molecule has 0 spiro atoms. The lowest BCUT2D eigenvalue weighted by atomic mass is 9.89. The zero-order chi connectivity index (χ0) is 27.2. The Morgan fingerprint density at radius 2 is 1.46 bits per heavy atom. The summed E-state index contributed by atoms with van der Waals surface area (Å²) in [4.78, 5) is 15.2. The molecule has 4 aromatic carbocycles. The number of hydrogen-bond donors (Lipinski definition) is 1. The van der Waals surface area contributed by atoms with Gasteiger partial charge in [-0.2, -0.15) is 0 Å². The van der Waals surface area contributed by atoms with E-state index in [9.17, 15) is 13.2 Å². The molecule has 0 aromatic heterocycles. The van der Waals surface area contributed by atoms with Gasteiger partial charge in [-0.3, -0.25) is 9.52 Å². The van der Waals surface area contributed by atoms with E-state index in [1.54, 1.807) is 30.3 Å². The highest BCUT2D eigenvalue weighted by Crippen LogP contribution is 2.31. The van der Waals surface area contributed by atoms with Crippen LogP contribution >= 0.6 is 0 Å². The van der Waals surface area contributed by atoms with Gasteiger partial charge in [0.15, 0.2) is 0 Å². The maximum atomic E-state index is 13.3. The zero-order valence-electron chi connectivity index (χ0n) is 21.9. The van der Waals surface area contributed by atoms with Gasteiger partial charge in [0.05, 0.1) is 11.4 Å². The molecular weight excluding hydrogens is 508 g/mol. The van der Waals surface area contributed by atoms with E-state index in [1.807, 2.05) is 72.5 Å². The molecule has 5 rings (SSSR count). The monoisotopic (exact) mass is 540 g/mol. The second-order valence-electron chi connectivity index (χ2n) is 9.93. The first-order chi connectivity index (χ1) is 18.9. The Morgan fingerprint density at radius 3 is 2.13 bits per heavy atom. The number of aryl methyl sites for hydroxylation is 1. The highest BCUT2D eigenvalue weighted by atomic mass is 32.2. The summed E-state index contributed by atoms with van der Waals surface area (Å²) in [5, 5.41) is 0. The third kappa shape index (κ3) is 6.86. The summed E-state index contributed by atoms with van der Waals surface area (Å²) in [6.45, 7) is 3.12. The van der Waals surface area contributed by atoms with Gasteiger partial charge in [-0.05, 0) is 78.8 Å². The number of ether oxygens (including phenoxy) is 1. The molecule has 1 fully saturated rings. The molecule has 1 aliphatic heterocycles. The van der Waals surface area contributed by atoms with Gasteiger partial charge in [0.25, 0.3) is 5.91 Å². The zero-order valence-corrected chi connectivity index (χ0v) is 22.7. The average Bonchev–Trinajstić information content (AvgIpc) is 2.95. The number of nitrogens with zero attached hydrogens (tertiary/aromatic N) is 1. The molecule has 0 bridgehead atoms. The van der Waals surface area contributed by atoms with Crippen molar-refractivity contribution in [1.82, 2.24) is 4.90 Å². The molecule has 1 saturated heterocycles. The molecule has 0 saturated carbocycles. The van der Waals surface area contributed by atoms with Gasteiger partial charge in [0.2, 0.25) is 10.0 Å². The van der Waals surface area contributed by atoms with Crippen molar-refractivity contribution in [1.29, 1.82) is 0 Å². The van der Waals surface area contributed by atoms with Crippen molar-refractivity contribution >= 4 is 21.6 Å². The Labute approximate surface area is 230 Å². The van der Waals surface area contributed by atoms with E-state index in [0.717, 1.165) is 29.9 Å². The molecule has 7 heteroatoms. The maximum absolute atomic E-state index is 13.3. The summed E-state index contributed by atoms with van der Waals surface area (Å²) in [6, 6.07) is 32.1. The Morgan fingerprint density at radius 1 is 0.846 bits per heavy atom. The molecule has 0 aliphatic carbocycles. The number of amides is 1. The quantitative estimate of drug-likeness (QED) is 0.268. The van der Waals surface area contributed by atoms with E-state index >= 15 is 0 Å². The first-order valence-electron chi connectivity index (χ1n) is 13.1. The van der Waals surface area contributed by atoms with Crippen LogP contribution in [0.25, 0.3) is 0 Å². The predicted molar refractivity (Wildman–Crippen MR) is 155 cm³/mol. The summed E-state index contributed by atoms with van der Waals surface area (Å²) in [7, 11) is -3.62. The van der Waals surface area contributed by atoms with Crippen LogP contribution in [0.3, 0.4) is 0 Å². The Balaban J connectivity index is 1.19. The molecule has 200 valence electrons. The van der Waals surface area contributed by atoms with Gasteiger partial charge < -0.3 is 9.64 Å². The molecule has 1 aliphatic rings. The number of piperidine rings is 1. The number of likely N-dealkylation sites (tertiary alicyclic amines) is 1. The first-order valence-corrected chi connectivity index (χ1v) is 14.8. The number of benzene rings is 4. The van der Waals surface area contributed by atoms with Gasteiger partial charge in [-0.25, -0.2) is 8.42 Å². The van der Waals surface area contributed by atoms with Gasteiger partial charge >= 0.3 is 0 Å². The van der Waals surface area contributed by atoms with Crippen molar-refractivity contribution in [2.45, 2.75) is 31.4 Å². The van der Waals surface area contributed by atoms with Crippen LogP contribution in [0.4, 0.5) is 5.69 Å². The molecule has 0 radical (unpaired) electrons. The number of nitrogens with one attached hydrogen (secondary N) is 1. The number of rotatable bonds is 8. The van der Waals surface area contributed by atoms with E-state index < -0.39 is 10.0 Å². The molecule has 0 unspecified atom stereocenters. The van der Waals surface area contributed by atoms with E-state index in [2.05, 4.69) is 16.9 Å². The van der Waals surface area contributed by atoms with Crippen molar-refractivity contribution in [3.63, 3.8) is 0 Å². The van der Waals surface area contributed by atoms with Gasteiger partial charge in [-0.15, -0.1) is 0 Å². The molecule has 39 heavy (non-hydrogen) atoms. The van der Waals surface area contributed by atoms with Gasteiger partial charge in [0.1, 0.15) is 11.5 Å². The fourth-order valence-electron chi connectivity index (χ4n) is 4.89. The molecule has 1 N–H and O–H groups in total. The molecule has 4 aromatic rings. The van der Waals surface area contributed by atoms with Crippen molar-refractivity contribution in [3.8, 4) is 11.5 Å². The highest BCUT2D eigenvalue weighted by Gasteiger charge is 2.25. The lowest BCUT2D eigenvalue weighted by Gasteiger charge is -2.32. The third-order valence-corrected chi connectivity index (χ3v) is 8.31. The van der Waals surface area contributed by atoms with Crippen molar-refractivity contribution in [2.24, 2.45) is 0 Å². The molecular formula is C32H32N2O4S. The molecule has 1 heterocycles. The third-order valence-electron chi connectivity index (χ3n) is 7.06. The summed E-state index contributed by atoms with van der Waals surface area (Å²) >= 11 is 0. The highest BCUT2D eigenvalue weighted by molar-refractivity contribution is 7.91. The second-order valence-corrected chi connectivity index (χ2v) is 11.6. The van der Waals surface area contributed by atoms with Crippen LogP contribution < -0.4 is 9.46 Å². The molecule has 6 nitrogen and oxygen atoms in total. The normalized spacial score (nSPS) is 14.1. The SMILES string of the molecule is Cc1ccc(C(=O)N2CCC(c3ccc(Oc4ccccc4)cc3)CC2)cc1NS(=O)(=O)Cc1ccccc1. The Hall–Kier alpha value is -4.10. The van der Waals surface area contributed by atoms with E-state index in [1.165, 1.54) is 5.56 Å². The summed E-state index contributed by atoms with van der Waals surface area (Å²) in [5.41, 5.74) is 3.63. The Bertz CT molecular complexity index is 1510. The van der Waals surface area contributed by atoms with Gasteiger partial charge in [-0.1, -0.05) is 66.7 Å². The molecule has 1 amide bonds. The van der Waals surface area contributed by atoms with Crippen molar-refractivity contribution in [3.05, 3.63) is 125 Å². The lowest BCUT2D eigenvalue weighted by Crippen LogP contribution is -2.38. The van der Waals surface area contributed by atoms with Crippen LogP contribution in [-0.2, 0) is 15.8 Å². The fraction of sp³-hybridized carbons (Fsp3) is 0.219. The number of hydrogen-bond acceptors (Lipinski definition) is 4. The maximum Gasteiger partial charge on any atom is 0.253 e. The standard InChI is InChI=1S/C32H32N2O4S/c1-24-12-13-28(22-31(24)33-39(36,37)23-25-8-4-2-5-9-25)32(35)34-20-18-27(19-21-34)26-14-16-30(17-15-26)38-29-10-6-3-7-11-29/h2-17,22,27,33H,18-21,23H2,1H3. The van der Waals surface area contributed by atoms with E-state index in [0.29, 0.717) is 35.8 Å². The van der Waals surface area contributed by atoms with Crippen LogP contribution in [0, 0.1) is 6.92 Å². The van der Waals surface area contributed by atoms with Crippen LogP contribution in [0.2, 0.25) is 0 Å². The number of sulfonamides is 1. The summed E-state index contributed by atoms with van der Waals surface area (Å²) in [5.74, 6) is 1.77. The van der Waals surface area contributed by atoms with Gasteiger partial charge in [0, 0.05) is 18.7 Å². The minimum Gasteiger partial charge on any atom is -0.457 e. The fourth-order valence-corrected chi connectivity index (χ4v) is 6.15. The van der Waals surface area contributed by atoms with Crippen LogP contribution in [0.1, 0.15) is 45.8 Å². The smallest absolute Gasteiger partial charge is 0.253 e. The predicted octanol–water partition coefficient (Wildman–Crippen LogP) is 6.75. The number of carbonyl (C=O) groups excluding carboxylic acids is 1. The second kappa shape index (κ2) is 11.7. The topological polar surface area (TPSA) is 75.7 Å². The number of carbonyl (C=O) groups is 1. The van der Waals surface area contributed by atoms with Crippen LogP contribution in [0.15, 0.2) is 103 Å². The molecule has 0 atom stereocenters. The summed E-state index contributed by atoms with van der Waals surface area (Å²) in [6.07, 6.45) is 1.74.